The monoisotopic (exact) mass is 118 g/mol. The van der Waals surface area contributed by atoms with Crippen molar-refractivity contribution in [2.75, 3.05) is 0 Å². The van der Waals surface area contributed by atoms with Crippen molar-refractivity contribution in [3.63, 3.8) is 0 Å². The normalized spacial score (nSPS) is 30.9. The van der Waals surface area contributed by atoms with Crippen LogP contribution in [0.25, 0.3) is 0 Å². The first-order chi connectivity index (χ1) is 4.36. The summed E-state index contributed by atoms with van der Waals surface area (Å²) >= 11 is 0. The molecule has 9 heavy (non-hydrogen) atoms. The second-order valence-corrected chi connectivity index (χ2v) is 2.78. The third-order valence-corrected chi connectivity index (χ3v) is 2.12. The van der Waals surface area contributed by atoms with E-state index in [-0.39, 0.29) is 0 Å². The fraction of sp³-hybridized carbons (Fsp3) is 0.333. The average Bonchev–Trinajstić information content (AvgIpc) is 2.25. The molecule has 0 aromatic heterocycles. The second-order valence-electron chi connectivity index (χ2n) is 2.78. The minimum absolute atomic E-state index is 0.741. The first-order valence-electron chi connectivity index (χ1n) is 3.44. The van der Waals surface area contributed by atoms with Crippen molar-refractivity contribution in [3.05, 3.63) is 36.0 Å². The van der Waals surface area contributed by atoms with E-state index in [4.69, 9.17) is 0 Å². The van der Waals surface area contributed by atoms with E-state index in [0.717, 1.165) is 5.92 Å². The van der Waals surface area contributed by atoms with Crippen molar-refractivity contribution in [1.82, 2.24) is 0 Å². The second kappa shape index (κ2) is 1.60. The molecule has 0 N–H and O–H groups in total. The van der Waals surface area contributed by atoms with Gasteiger partial charge in [0.1, 0.15) is 0 Å². The highest BCUT2D eigenvalue weighted by atomic mass is 14.2. The Bertz CT molecular complexity index is 206. The van der Waals surface area contributed by atoms with Crippen molar-refractivity contribution < 1.29 is 0 Å². The summed E-state index contributed by atoms with van der Waals surface area (Å²) in [7, 11) is 0. The molecule has 2 aliphatic carbocycles. The van der Waals surface area contributed by atoms with Gasteiger partial charge < -0.3 is 0 Å². The highest BCUT2D eigenvalue weighted by molar-refractivity contribution is 5.44. The zero-order valence-corrected chi connectivity index (χ0v) is 5.43. The Kier molecular flexibility index (Phi) is 0.895. The zero-order chi connectivity index (χ0) is 6.27. The molecule has 0 heterocycles. The molecule has 0 amide bonds. The first-order valence-corrected chi connectivity index (χ1v) is 3.44. The molecule has 0 spiro atoms. The molecule has 0 saturated carbocycles. The van der Waals surface area contributed by atoms with Crippen LogP contribution in [0.4, 0.5) is 0 Å². The Labute approximate surface area is 55.6 Å². The minimum atomic E-state index is 0.741. The van der Waals surface area contributed by atoms with Gasteiger partial charge in [-0.25, -0.2) is 0 Å². The summed E-state index contributed by atoms with van der Waals surface area (Å²) in [6.45, 7) is 3.94. The molecule has 0 aromatic carbocycles. The van der Waals surface area contributed by atoms with Crippen molar-refractivity contribution in [1.29, 1.82) is 0 Å². The molecule has 2 bridgehead atoms. The van der Waals surface area contributed by atoms with Crippen LogP contribution in [0.15, 0.2) is 36.0 Å². The highest BCUT2D eigenvalue weighted by Gasteiger charge is 2.17. The molecule has 2 aliphatic rings. The van der Waals surface area contributed by atoms with Gasteiger partial charge >= 0.3 is 0 Å². The molecule has 0 saturated heterocycles. The predicted octanol–water partition coefficient (Wildman–Crippen LogP) is 2.45. The number of rotatable bonds is 0. The molecule has 2 rings (SSSR count). The summed E-state index contributed by atoms with van der Waals surface area (Å²) in [5.74, 6) is 0.741. The lowest BCUT2D eigenvalue weighted by Crippen LogP contribution is -1.87. The summed E-state index contributed by atoms with van der Waals surface area (Å²) in [5, 5.41) is 0. The van der Waals surface area contributed by atoms with E-state index in [1.165, 1.54) is 24.0 Å². The number of hydrogen-bond donors (Lipinski definition) is 0. The fourth-order valence-electron chi connectivity index (χ4n) is 1.51. The Morgan fingerprint density at radius 3 is 3.22 bits per heavy atom. The van der Waals surface area contributed by atoms with Crippen LogP contribution in [0.3, 0.4) is 0 Å². The van der Waals surface area contributed by atoms with Gasteiger partial charge in [-0.2, -0.15) is 0 Å². The minimum Gasteiger partial charge on any atom is -0.0915 e. The van der Waals surface area contributed by atoms with Crippen molar-refractivity contribution in [2.45, 2.75) is 12.8 Å². The summed E-state index contributed by atoms with van der Waals surface area (Å²) in [5.41, 5.74) is 2.70. The molecule has 0 fully saturated rings. The maximum Gasteiger partial charge on any atom is -0.00410 e. The van der Waals surface area contributed by atoms with E-state index in [1.54, 1.807) is 0 Å². The standard InChI is InChI=1S/C9H10/c1-7-2-3-8-4-5-9(7)6-8/h2-3,6,8H,1,4-5H2. The Morgan fingerprint density at radius 1 is 1.56 bits per heavy atom. The Morgan fingerprint density at radius 2 is 2.44 bits per heavy atom. The van der Waals surface area contributed by atoms with Gasteiger partial charge in [-0.15, -0.1) is 0 Å². The van der Waals surface area contributed by atoms with E-state index in [0.29, 0.717) is 0 Å². The molecule has 0 aromatic rings. The van der Waals surface area contributed by atoms with Crippen molar-refractivity contribution in [2.24, 2.45) is 5.92 Å². The van der Waals surface area contributed by atoms with Crippen LogP contribution in [0.5, 0.6) is 0 Å². The molecule has 0 aliphatic heterocycles. The van der Waals surface area contributed by atoms with Crippen molar-refractivity contribution in [3.8, 4) is 0 Å². The third kappa shape index (κ3) is 0.663. The smallest absolute Gasteiger partial charge is 0.00410 e. The maximum absolute atomic E-state index is 3.94. The van der Waals surface area contributed by atoms with Crippen LogP contribution in [0.1, 0.15) is 12.8 Å². The highest BCUT2D eigenvalue weighted by Crippen LogP contribution is 2.33. The Balaban J connectivity index is 2.39. The first kappa shape index (κ1) is 5.04. The average molecular weight is 118 g/mol. The van der Waals surface area contributed by atoms with Crippen LogP contribution in [-0.4, -0.2) is 0 Å². The van der Waals surface area contributed by atoms with Crippen LogP contribution < -0.4 is 0 Å². The lowest BCUT2D eigenvalue weighted by molar-refractivity contribution is 0.774. The molecule has 0 heteroatoms. The molecule has 0 nitrogen and oxygen atoms in total. The van der Waals surface area contributed by atoms with E-state index >= 15 is 0 Å². The lowest BCUT2D eigenvalue weighted by Gasteiger charge is -2.03. The summed E-state index contributed by atoms with van der Waals surface area (Å²) in [6.07, 6.45) is 9.29. The van der Waals surface area contributed by atoms with Gasteiger partial charge in [0.25, 0.3) is 0 Å². The van der Waals surface area contributed by atoms with Crippen LogP contribution in [0, 0.1) is 5.92 Å². The van der Waals surface area contributed by atoms with Gasteiger partial charge in [0, 0.05) is 0 Å². The molecular formula is C9H10. The predicted molar refractivity (Wildman–Crippen MR) is 39.1 cm³/mol. The van der Waals surface area contributed by atoms with Crippen molar-refractivity contribution >= 4 is 0 Å². The SMILES string of the molecule is C=C1C=CC2C=C1CC2. The summed E-state index contributed by atoms with van der Waals surface area (Å²) in [4.78, 5) is 0. The fourth-order valence-corrected chi connectivity index (χ4v) is 1.51. The maximum atomic E-state index is 3.94. The molecule has 1 atom stereocenters. The van der Waals surface area contributed by atoms with Crippen LogP contribution >= 0.6 is 0 Å². The number of allylic oxidation sites excluding steroid dienone is 5. The van der Waals surface area contributed by atoms with E-state index in [2.05, 4.69) is 24.8 Å². The summed E-state index contributed by atoms with van der Waals surface area (Å²) < 4.78 is 0. The van der Waals surface area contributed by atoms with E-state index < -0.39 is 0 Å². The largest absolute Gasteiger partial charge is 0.0915 e. The molecule has 0 radical (unpaired) electrons. The number of hydrogen-bond acceptors (Lipinski definition) is 0. The third-order valence-electron chi connectivity index (χ3n) is 2.12. The summed E-state index contributed by atoms with van der Waals surface area (Å²) in [6, 6.07) is 0. The van der Waals surface area contributed by atoms with Crippen LogP contribution in [-0.2, 0) is 0 Å². The van der Waals surface area contributed by atoms with E-state index in [1.807, 2.05) is 0 Å². The van der Waals surface area contributed by atoms with E-state index in [9.17, 15) is 0 Å². The van der Waals surface area contributed by atoms with Crippen LogP contribution in [0.2, 0.25) is 0 Å². The van der Waals surface area contributed by atoms with Gasteiger partial charge in [-0.3, -0.25) is 0 Å². The van der Waals surface area contributed by atoms with Gasteiger partial charge in [0.2, 0.25) is 0 Å². The molecular weight excluding hydrogens is 108 g/mol. The van der Waals surface area contributed by atoms with Gasteiger partial charge in [0.05, 0.1) is 0 Å². The zero-order valence-electron chi connectivity index (χ0n) is 5.43. The van der Waals surface area contributed by atoms with Gasteiger partial charge in [0.15, 0.2) is 0 Å². The molecule has 46 valence electrons. The van der Waals surface area contributed by atoms with Gasteiger partial charge in [-0.05, 0) is 29.9 Å². The topological polar surface area (TPSA) is 0 Å². The quantitative estimate of drug-likeness (QED) is 0.458. The lowest BCUT2D eigenvalue weighted by atomic mass is 10.0. The molecule has 1 unspecified atom stereocenters. The number of fused-ring (bicyclic) bond motifs is 1. The Hall–Kier alpha value is -0.780. The van der Waals surface area contributed by atoms with Gasteiger partial charge in [-0.1, -0.05) is 24.8 Å².